The minimum atomic E-state index is -1.04. The Morgan fingerprint density at radius 1 is 1.44 bits per heavy atom. The third-order valence-corrected chi connectivity index (χ3v) is 2.31. The predicted octanol–water partition coefficient (Wildman–Crippen LogP) is -0.954. The summed E-state index contributed by atoms with van der Waals surface area (Å²) in [7, 11) is 0. The summed E-state index contributed by atoms with van der Waals surface area (Å²) >= 11 is 0. The summed E-state index contributed by atoms with van der Waals surface area (Å²) in [6.07, 6.45) is 1.17. The molecule has 1 rings (SSSR count). The molecule has 8 heteroatoms. The van der Waals surface area contributed by atoms with Crippen molar-refractivity contribution in [2.24, 2.45) is 0 Å². The van der Waals surface area contributed by atoms with Crippen LogP contribution in [0.15, 0.2) is 15.8 Å². The minimum Gasteiger partial charge on any atom is -0.481 e. The van der Waals surface area contributed by atoms with Crippen molar-refractivity contribution in [3.63, 3.8) is 0 Å². The Morgan fingerprint density at radius 2 is 2.11 bits per heavy atom. The van der Waals surface area contributed by atoms with Gasteiger partial charge in [-0.3, -0.25) is 19.4 Å². The van der Waals surface area contributed by atoms with Crippen LogP contribution in [0.3, 0.4) is 0 Å². The molecule has 0 aliphatic heterocycles. The van der Waals surface area contributed by atoms with Crippen LogP contribution in [-0.2, 0) is 4.79 Å². The van der Waals surface area contributed by atoms with E-state index in [1.165, 1.54) is 0 Å². The molecule has 0 saturated heterocycles. The molecule has 1 heterocycles. The van der Waals surface area contributed by atoms with Crippen LogP contribution in [0.1, 0.15) is 30.1 Å². The molecule has 0 spiro atoms. The number of carboxylic acid groups (broad SMARTS) is 1. The van der Waals surface area contributed by atoms with Gasteiger partial charge in [-0.25, -0.2) is 4.79 Å². The first kappa shape index (κ1) is 13.7. The van der Waals surface area contributed by atoms with E-state index in [9.17, 15) is 19.2 Å². The summed E-state index contributed by atoms with van der Waals surface area (Å²) in [5, 5.41) is 11.0. The molecule has 0 saturated carbocycles. The number of hydrogen-bond donors (Lipinski definition) is 4. The van der Waals surface area contributed by atoms with E-state index in [0.29, 0.717) is 6.42 Å². The number of hydrogen-bond acceptors (Lipinski definition) is 4. The summed E-state index contributed by atoms with van der Waals surface area (Å²) in [6, 6.07) is -0.568. The summed E-state index contributed by atoms with van der Waals surface area (Å²) < 4.78 is 0. The number of aromatic nitrogens is 2. The maximum Gasteiger partial charge on any atom is 0.325 e. The number of H-pyrrole nitrogens is 2. The van der Waals surface area contributed by atoms with E-state index in [2.05, 4.69) is 10.3 Å². The number of aromatic amines is 2. The SMILES string of the molecule is CCC(CC(=O)O)NC(=O)c1c[nH]c(=O)[nH]c1=O. The lowest BCUT2D eigenvalue weighted by Crippen LogP contribution is -2.39. The fourth-order valence-electron chi connectivity index (χ4n) is 1.35. The second-order valence-corrected chi connectivity index (χ2v) is 3.66. The largest absolute Gasteiger partial charge is 0.481 e. The van der Waals surface area contributed by atoms with Gasteiger partial charge in [-0.05, 0) is 6.42 Å². The molecule has 0 bridgehead atoms. The molecule has 0 aromatic carbocycles. The number of rotatable bonds is 5. The Labute approximate surface area is 101 Å². The first-order valence-corrected chi connectivity index (χ1v) is 5.28. The maximum absolute atomic E-state index is 11.7. The number of nitrogens with one attached hydrogen (secondary N) is 3. The van der Waals surface area contributed by atoms with Gasteiger partial charge < -0.3 is 15.4 Å². The molecule has 1 aromatic heterocycles. The molecule has 8 nitrogen and oxygen atoms in total. The van der Waals surface area contributed by atoms with Crippen molar-refractivity contribution in [1.29, 1.82) is 0 Å². The van der Waals surface area contributed by atoms with Gasteiger partial charge in [0.2, 0.25) is 0 Å². The molecule has 0 fully saturated rings. The molecule has 1 atom stereocenters. The third kappa shape index (κ3) is 3.58. The van der Waals surface area contributed by atoms with Crippen molar-refractivity contribution in [1.82, 2.24) is 15.3 Å². The first-order chi connectivity index (χ1) is 8.43. The number of carbonyl (C=O) groups excluding carboxylic acids is 1. The highest BCUT2D eigenvalue weighted by Gasteiger charge is 2.17. The van der Waals surface area contributed by atoms with Gasteiger partial charge in [-0.2, -0.15) is 0 Å². The molecule has 18 heavy (non-hydrogen) atoms. The number of carboxylic acids is 1. The summed E-state index contributed by atoms with van der Waals surface area (Å²) in [5.41, 5.74) is -1.80. The highest BCUT2D eigenvalue weighted by atomic mass is 16.4. The molecule has 1 aromatic rings. The molecule has 0 aliphatic carbocycles. The highest BCUT2D eigenvalue weighted by Crippen LogP contribution is 1.99. The second kappa shape index (κ2) is 5.80. The Bertz CT molecular complexity index is 559. The molecular weight excluding hydrogens is 242 g/mol. The zero-order chi connectivity index (χ0) is 13.7. The van der Waals surface area contributed by atoms with Crippen molar-refractivity contribution >= 4 is 11.9 Å². The van der Waals surface area contributed by atoms with Gasteiger partial charge in [0.1, 0.15) is 5.56 Å². The van der Waals surface area contributed by atoms with Crippen LogP contribution in [0, 0.1) is 0 Å². The number of aliphatic carboxylic acids is 1. The van der Waals surface area contributed by atoms with Crippen LogP contribution in [0.5, 0.6) is 0 Å². The molecule has 4 N–H and O–H groups in total. The fraction of sp³-hybridized carbons (Fsp3) is 0.400. The van der Waals surface area contributed by atoms with Crippen LogP contribution >= 0.6 is 0 Å². The third-order valence-electron chi connectivity index (χ3n) is 2.31. The lowest BCUT2D eigenvalue weighted by Gasteiger charge is -2.14. The Hall–Kier alpha value is -2.38. The number of amides is 1. The zero-order valence-electron chi connectivity index (χ0n) is 9.65. The normalized spacial score (nSPS) is 11.8. The van der Waals surface area contributed by atoms with Crippen LogP contribution in [0.4, 0.5) is 0 Å². The zero-order valence-corrected chi connectivity index (χ0v) is 9.65. The standard InChI is InChI=1S/C10H13N3O5/c1-2-5(3-7(14)15)12-8(16)6-4-11-10(18)13-9(6)17/h4-5H,2-3H2,1H3,(H,12,16)(H,14,15)(H2,11,13,17,18). The molecular formula is C10H13N3O5. The van der Waals surface area contributed by atoms with Gasteiger partial charge in [0.05, 0.1) is 6.42 Å². The smallest absolute Gasteiger partial charge is 0.325 e. The Balaban J connectivity index is 2.84. The predicted molar refractivity (Wildman–Crippen MR) is 61.5 cm³/mol. The number of carbonyl (C=O) groups is 2. The van der Waals surface area contributed by atoms with E-state index in [1.54, 1.807) is 6.92 Å². The van der Waals surface area contributed by atoms with Crippen molar-refractivity contribution in [2.75, 3.05) is 0 Å². The Morgan fingerprint density at radius 3 is 2.61 bits per heavy atom. The van der Waals surface area contributed by atoms with Crippen molar-refractivity contribution < 1.29 is 14.7 Å². The average molecular weight is 255 g/mol. The minimum absolute atomic E-state index is 0.233. The van der Waals surface area contributed by atoms with Crippen LogP contribution < -0.4 is 16.6 Å². The van der Waals surface area contributed by atoms with Crippen molar-refractivity contribution in [3.8, 4) is 0 Å². The first-order valence-electron chi connectivity index (χ1n) is 5.28. The van der Waals surface area contributed by atoms with Crippen molar-refractivity contribution in [3.05, 3.63) is 32.6 Å². The summed E-state index contributed by atoms with van der Waals surface area (Å²) in [5.74, 6) is -1.77. The lowest BCUT2D eigenvalue weighted by molar-refractivity contribution is -0.137. The molecule has 0 radical (unpaired) electrons. The highest BCUT2D eigenvalue weighted by molar-refractivity contribution is 5.93. The van der Waals surface area contributed by atoms with Crippen LogP contribution in [0.2, 0.25) is 0 Å². The van der Waals surface area contributed by atoms with Gasteiger partial charge in [-0.1, -0.05) is 6.92 Å². The molecule has 1 amide bonds. The van der Waals surface area contributed by atoms with Gasteiger partial charge in [-0.15, -0.1) is 0 Å². The maximum atomic E-state index is 11.7. The molecule has 1 unspecified atom stereocenters. The fourth-order valence-corrected chi connectivity index (χ4v) is 1.35. The molecule has 98 valence electrons. The van der Waals surface area contributed by atoms with Gasteiger partial charge in [0.15, 0.2) is 0 Å². The van der Waals surface area contributed by atoms with Gasteiger partial charge >= 0.3 is 11.7 Å². The van der Waals surface area contributed by atoms with Crippen LogP contribution in [0.25, 0.3) is 0 Å². The Kier molecular flexibility index (Phi) is 4.41. The quantitative estimate of drug-likeness (QED) is 0.538. The summed E-state index contributed by atoms with van der Waals surface area (Å²) in [4.78, 5) is 48.4. The lowest BCUT2D eigenvalue weighted by atomic mass is 10.1. The second-order valence-electron chi connectivity index (χ2n) is 3.66. The van der Waals surface area contributed by atoms with E-state index in [-0.39, 0.29) is 12.0 Å². The van der Waals surface area contributed by atoms with E-state index >= 15 is 0 Å². The molecule has 0 aliphatic rings. The van der Waals surface area contributed by atoms with Gasteiger partial charge in [0, 0.05) is 12.2 Å². The average Bonchev–Trinajstić information content (AvgIpc) is 2.27. The van der Waals surface area contributed by atoms with Gasteiger partial charge in [0.25, 0.3) is 11.5 Å². The topological polar surface area (TPSA) is 132 Å². The van der Waals surface area contributed by atoms with E-state index in [0.717, 1.165) is 6.20 Å². The van der Waals surface area contributed by atoms with Crippen LogP contribution in [-0.4, -0.2) is 33.0 Å². The summed E-state index contributed by atoms with van der Waals surface area (Å²) in [6.45, 7) is 1.71. The van der Waals surface area contributed by atoms with E-state index < -0.39 is 29.2 Å². The van der Waals surface area contributed by atoms with E-state index in [1.807, 2.05) is 4.98 Å². The van der Waals surface area contributed by atoms with Crippen molar-refractivity contribution in [2.45, 2.75) is 25.8 Å². The monoisotopic (exact) mass is 255 g/mol. The van der Waals surface area contributed by atoms with E-state index in [4.69, 9.17) is 5.11 Å².